The van der Waals surface area contributed by atoms with Crippen molar-refractivity contribution in [2.45, 2.75) is 17.7 Å². The summed E-state index contributed by atoms with van der Waals surface area (Å²) in [5.41, 5.74) is 1.74. The van der Waals surface area contributed by atoms with E-state index in [-0.39, 0.29) is 10.8 Å². The smallest absolute Gasteiger partial charge is 0.240 e. The van der Waals surface area contributed by atoms with E-state index < -0.39 is 10.0 Å². The monoisotopic (exact) mass is 290 g/mol. The summed E-state index contributed by atoms with van der Waals surface area (Å²) >= 11 is 0. The van der Waals surface area contributed by atoms with Gasteiger partial charge in [0.2, 0.25) is 10.0 Å². The van der Waals surface area contributed by atoms with E-state index in [4.69, 9.17) is 5.14 Å². The Kier molecular flexibility index (Phi) is 4.42. The Morgan fingerprint density at radius 3 is 2.30 bits per heavy atom. The van der Waals surface area contributed by atoms with E-state index in [2.05, 4.69) is 24.4 Å². The molecule has 2 aromatic carbocycles. The van der Waals surface area contributed by atoms with Gasteiger partial charge in [0.25, 0.3) is 0 Å². The number of hydrogen-bond acceptors (Lipinski definition) is 3. The maximum absolute atomic E-state index is 11.5. The number of benzene rings is 2. The summed E-state index contributed by atoms with van der Waals surface area (Å²) in [5.74, 6) is 0.268. The minimum atomic E-state index is -3.71. The highest BCUT2D eigenvalue weighted by molar-refractivity contribution is 7.89. The summed E-state index contributed by atoms with van der Waals surface area (Å²) in [6, 6.07) is 16.7. The first-order valence-corrected chi connectivity index (χ1v) is 7.94. The van der Waals surface area contributed by atoms with Crippen LogP contribution in [0, 0.1) is 0 Å². The van der Waals surface area contributed by atoms with Gasteiger partial charge >= 0.3 is 0 Å². The lowest BCUT2D eigenvalue weighted by molar-refractivity contribution is 0.598. The molecule has 0 aliphatic rings. The zero-order chi connectivity index (χ0) is 14.6. The lowest BCUT2D eigenvalue weighted by atomic mass is 10.0. The van der Waals surface area contributed by atoms with Gasteiger partial charge in [-0.05, 0) is 23.6 Å². The predicted octanol–water partition coefficient (Wildman–Crippen LogP) is 2.55. The molecule has 2 rings (SSSR count). The largest absolute Gasteiger partial charge is 0.383 e. The first-order chi connectivity index (χ1) is 9.48. The van der Waals surface area contributed by atoms with Crippen molar-refractivity contribution in [3.8, 4) is 0 Å². The summed E-state index contributed by atoms with van der Waals surface area (Å²) in [7, 11) is -3.71. The molecule has 2 aromatic rings. The summed E-state index contributed by atoms with van der Waals surface area (Å²) in [4.78, 5) is 0.125. The van der Waals surface area contributed by atoms with Gasteiger partial charge in [0.05, 0.1) is 5.69 Å². The van der Waals surface area contributed by atoms with E-state index in [0.717, 1.165) is 0 Å². The minimum Gasteiger partial charge on any atom is -0.383 e. The molecule has 4 nitrogen and oxygen atoms in total. The summed E-state index contributed by atoms with van der Waals surface area (Å²) in [6.07, 6.45) is 0. The van der Waals surface area contributed by atoms with Crippen LogP contribution in [0.3, 0.4) is 0 Å². The van der Waals surface area contributed by atoms with E-state index in [1.165, 1.54) is 11.6 Å². The number of para-hydroxylation sites is 1. The molecule has 20 heavy (non-hydrogen) atoms. The molecule has 106 valence electrons. The Bertz CT molecular complexity index is 669. The molecule has 1 atom stereocenters. The second-order valence-corrected chi connectivity index (χ2v) is 6.26. The lowest BCUT2D eigenvalue weighted by Crippen LogP contribution is -2.17. The van der Waals surface area contributed by atoms with Gasteiger partial charge in [-0.15, -0.1) is 0 Å². The fourth-order valence-corrected chi connectivity index (χ4v) is 2.74. The van der Waals surface area contributed by atoms with E-state index in [9.17, 15) is 8.42 Å². The Morgan fingerprint density at radius 1 is 1.05 bits per heavy atom. The van der Waals surface area contributed by atoms with Gasteiger partial charge in [-0.25, -0.2) is 13.6 Å². The average molecular weight is 290 g/mol. The normalized spacial score (nSPS) is 12.9. The van der Waals surface area contributed by atoms with Crippen molar-refractivity contribution in [3.63, 3.8) is 0 Å². The van der Waals surface area contributed by atoms with Gasteiger partial charge < -0.3 is 5.32 Å². The van der Waals surface area contributed by atoms with Gasteiger partial charge in [0.1, 0.15) is 4.90 Å². The van der Waals surface area contributed by atoms with Crippen LogP contribution in [0.2, 0.25) is 0 Å². The van der Waals surface area contributed by atoms with Crippen molar-refractivity contribution >= 4 is 15.7 Å². The summed E-state index contributed by atoms with van der Waals surface area (Å²) < 4.78 is 23.0. The van der Waals surface area contributed by atoms with Crippen LogP contribution < -0.4 is 10.5 Å². The van der Waals surface area contributed by atoms with Crippen LogP contribution in [0.25, 0.3) is 0 Å². The third-order valence-electron chi connectivity index (χ3n) is 3.16. The molecule has 0 bridgehead atoms. The second-order valence-electron chi connectivity index (χ2n) is 4.73. The van der Waals surface area contributed by atoms with Gasteiger partial charge in [0.15, 0.2) is 0 Å². The molecule has 0 aromatic heterocycles. The zero-order valence-corrected chi connectivity index (χ0v) is 12.1. The van der Waals surface area contributed by atoms with Crippen LogP contribution in [0.5, 0.6) is 0 Å². The van der Waals surface area contributed by atoms with Gasteiger partial charge in [-0.3, -0.25) is 0 Å². The predicted molar refractivity (Wildman–Crippen MR) is 81.2 cm³/mol. The lowest BCUT2D eigenvalue weighted by Gasteiger charge is -2.15. The molecule has 0 aliphatic heterocycles. The van der Waals surface area contributed by atoms with Gasteiger partial charge in [-0.2, -0.15) is 0 Å². The maximum Gasteiger partial charge on any atom is 0.240 e. The SMILES string of the molecule is CC(CNc1ccccc1S(N)(=O)=O)c1ccccc1. The number of rotatable bonds is 5. The van der Waals surface area contributed by atoms with E-state index in [1.54, 1.807) is 18.2 Å². The average Bonchev–Trinajstić information content (AvgIpc) is 2.45. The molecule has 5 heteroatoms. The van der Waals surface area contributed by atoms with Crippen LogP contribution in [0.4, 0.5) is 5.69 Å². The molecule has 0 fully saturated rings. The molecular formula is C15H18N2O2S. The van der Waals surface area contributed by atoms with E-state index in [1.807, 2.05) is 18.2 Å². The van der Waals surface area contributed by atoms with Crippen molar-refractivity contribution in [1.82, 2.24) is 0 Å². The molecule has 0 saturated heterocycles. The first-order valence-electron chi connectivity index (χ1n) is 6.39. The third-order valence-corrected chi connectivity index (χ3v) is 4.13. The Balaban J connectivity index is 2.12. The Morgan fingerprint density at radius 2 is 1.65 bits per heavy atom. The number of anilines is 1. The highest BCUT2D eigenvalue weighted by Crippen LogP contribution is 2.21. The summed E-state index contributed by atoms with van der Waals surface area (Å²) in [5, 5.41) is 8.37. The fourth-order valence-electron chi connectivity index (χ4n) is 2.02. The molecule has 3 N–H and O–H groups in total. The first kappa shape index (κ1) is 14.6. The minimum absolute atomic E-state index is 0.125. The van der Waals surface area contributed by atoms with Crippen LogP contribution >= 0.6 is 0 Å². The molecule has 0 saturated carbocycles. The zero-order valence-electron chi connectivity index (χ0n) is 11.3. The maximum atomic E-state index is 11.5. The van der Waals surface area contributed by atoms with Crippen LogP contribution in [0.1, 0.15) is 18.4 Å². The molecule has 0 amide bonds. The standard InChI is InChI=1S/C15H18N2O2S/c1-12(13-7-3-2-4-8-13)11-17-14-9-5-6-10-15(14)20(16,18)19/h2-10,12,17H,11H2,1H3,(H2,16,18,19). The van der Waals surface area contributed by atoms with Crippen molar-refractivity contribution < 1.29 is 8.42 Å². The van der Waals surface area contributed by atoms with Gasteiger partial charge in [0, 0.05) is 6.54 Å². The van der Waals surface area contributed by atoms with E-state index >= 15 is 0 Å². The Hall–Kier alpha value is -1.85. The van der Waals surface area contributed by atoms with Crippen LogP contribution in [-0.4, -0.2) is 15.0 Å². The van der Waals surface area contributed by atoms with Crippen molar-refractivity contribution in [1.29, 1.82) is 0 Å². The number of nitrogens with one attached hydrogen (secondary N) is 1. The molecule has 0 spiro atoms. The molecule has 1 unspecified atom stereocenters. The van der Waals surface area contributed by atoms with Crippen molar-refractivity contribution in [2.24, 2.45) is 5.14 Å². The molecule has 0 radical (unpaired) electrons. The fraction of sp³-hybridized carbons (Fsp3) is 0.200. The number of sulfonamides is 1. The highest BCUT2D eigenvalue weighted by atomic mass is 32.2. The quantitative estimate of drug-likeness (QED) is 0.889. The van der Waals surface area contributed by atoms with Gasteiger partial charge in [-0.1, -0.05) is 49.4 Å². The topological polar surface area (TPSA) is 72.2 Å². The van der Waals surface area contributed by atoms with Crippen LogP contribution in [-0.2, 0) is 10.0 Å². The highest BCUT2D eigenvalue weighted by Gasteiger charge is 2.13. The molecular weight excluding hydrogens is 272 g/mol. The Labute approximate surface area is 119 Å². The van der Waals surface area contributed by atoms with Crippen LogP contribution in [0.15, 0.2) is 59.5 Å². The molecule has 0 heterocycles. The second kappa shape index (κ2) is 6.07. The van der Waals surface area contributed by atoms with Crippen molar-refractivity contribution in [2.75, 3.05) is 11.9 Å². The number of nitrogens with two attached hydrogens (primary N) is 1. The third kappa shape index (κ3) is 3.59. The number of hydrogen-bond donors (Lipinski definition) is 2. The van der Waals surface area contributed by atoms with E-state index in [0.29, 0.717) is 12.2 Å². The molecule has 0 aliphatic carbocycles. The summed E-state index contributed by atoms with van der Waals surface area (Å²) in [6.45, 7) is 2.72. The van der Waals surface area contributed by atoms with Crippen molar-refractivity contribution in [3.05, 3.63) is 60.2 Å². The number of primary sulfonamides is 1.